The van der Waals surface area contributed by atoms with Crippen LogP contribution in [-0.2, 0) is 6.54 Å². The molecule has 1 atom stereocenters. The van der Waals surface area contributed by atoms with E-state index in [0.29, 0.717) is 6.04 Å². The number of nitrogens with two attached hydrogens (primary N) is 1. The Morgan fingerprint density at radius 2 is 2.06 bits per heavy atom. The number of anilines is 1. The lowest BCUT2D eigenvalue weighted by Gasteiger charge is -2.14. The second-order valence-electron chi connectivity index (χ2n) is 4.91. The van der Waals surface area contributed by atoms with Crippen molar-refractivity contribution in [2.24, 2.45) is 5.92 Å². The molecule has 1 heterocycles. The van der Waals surface area contributed by atoms with E-state index in [1.165, 1.54) is 24.1 Å². The maximum absolute atomic E-state index is 5.84. The van der Waals surface area contributed by atoms with E-state index in [0.717, 1.165) is 18.2 Å². The van der Waals surface area contributed by atoms with Crippen molar-refractivity contribution in [2.45, 2.75) is 52.6 Å². The van der Waals surface area contributed by atoms with Crippen molar-refractivity contribution in [2.75, 3.05) is 5.73 Å². The molecule has 3 heteroatoms. The smallest absolute Gasteiger partial charge is 0.0468 e. The van der Waals surface area contributed by atoms with Crippen molar-refractivity contribution in [1.29, 1.82) is 0 Å². The predicted octanol–water partition coefficient (Wildman–Crippen LogP) is 3.63. The fourth-order valence-electron chi connectivity index (χ4n) is 1.70. The van der Waals surface area contributed by atoms with Crippen molar-refractivity contribution in [3.05, 3.63) is 16.3 Å². The molecule has 92 valence electrons. The summed E-state index contributed by atoms with van der Waals surface area (Å²) in [5.41, 5.74) is 6.76. The first-order valence-corrected chi connectivity index (χ1v) is 7.02. The molecule has 0 aliphatic carbocycles. The van der Waals surface area contributed by atoms with Gasteiger partial charge in [-0.05, 0) is 30.7 Å². The Labute approximate surface area is 103 Å². The summed E-state index contributed by atoms with van der Waals surface area (Å²) in [6, 6.07) is 2.56. The number of nitrogens with one attached hydrogen (secondary N) is 1. The third-order valence-corrected chi connectivity index (χ3v) is 3.75. The zero-order valence-electron chi connectivity index (χ0n) is 10.6. The van der Waals surface area contributed by atoms with Gasteiger partial charge in [-0.1, -0.05) is 26.7 Å². The topological polar surface area (TPSA) is 38.0 Å². The Bertz CT molecular complexity index is 294. The highest BCUT2D eigenvalue weighted by atomic mass is 32.1. The highest BCUT2D eigenvalue weighted by Crippen LogP contribution is 2.18. The molecule has 1 aromatic rings. The lowest BCUT2D eigenvalue weighted by molar-refractivity contribution is 0.458. The first kappa shape index (κ1) is 13.5. The minimum Gasteiger partial charge on any atom is -0.398 e. The van der Waals surface area contributed by atoms with Crippen LogP contribution < -0.4 is 11.1 Å². The molecule has 0 saturated heterocycles. The second kappa shape index (κ2) is 6.92. The van der Waals surface area contributed by atoms with Crippen molar-refractivity contribution < 1.29 is 0 Å². The maximum Gasteiger partial charge on any atom is 0.0468 e. The molecule has 2 nitrogen and oxygen atoms in total. The van der Waals surface area contributed by atoms with E-state index in [1.807, 2.05) is 6.07 Å². The molecular formula is C13H24N2S. The molecule has 0 amide bonds. The molecule has 0 aliphatic heterocycles. The van der Waals surface area contributed by atoms with E-state index < -0.39 is 0 Å². The van der Waals surface area contributed by atoms with Gasteiger partial charge in [0.05, 0.1) is 0 Å². The summed E-state index contributed by atoms with van der Waals surface area (Å²) in [7, 11) is 0. The minimum atomic E-state index is 0.584. The normalized spacial score (nSPS) is 13.2. The molecule has 3 N–H and O–H groups in total. The first-order chi connectivity index (χ1) is 7.59. The SMILES string of the molecule is CC(C)CCCC(C)NCc1sccc1N. The number of thiophene rings is 1. The molecular weight excluding hydrogens is 216 g/mol. The number of hydrogen-bond donors (Lipinski definition) is 2. The van der Waals surface area contributed by atoms with Gasteiger partial charge in [0.15, 0.2) is 0 Å². The number of hydrogen-bond acceptors (Lipinski definition) is 3. The van der Waals surface area contributed by atoms with Crippen LogP contribution in [0, 0.1) is 5.92 Å². The van der Waals surface area contributed by atoms with Crippen molar-refractivity contribution in [3.63, 3.8) is 0 Å². The molecule has 0 saturated carbocycles. The molecule has 0 fully saturated rings. The van der Waals surface area contributed by atoms with Gasteiger partial charge in [0.25, 0.3) is 0 Å². The Morgan fingerprint density at radius 1 is 1.31 bits per heavy atom. The van der Waals surface area contributed by atoms with Crippen LogP contribution in [0.15, 0.2) is 11.4 Å². The molecule has 1 aromatic heterocycles. The third kappa shape index (κ3) is 4.99. The van der Waals surface area contributed by atoms with Gasteiger partial charge in [0.1, 0.15) is 0 Å². The number of nitrogen functional groups attached to an aromatic ring is 1. The average Bonchev–Trinajstić information content (AvgIpc) is 2.60. The summed E-state index contributed by atoms with van der Waals surface area (Å²) in [6.45, 7) is 7.73. The van der Waals surface area contributed by atoms with Crippen LogP contribution in [0.5, 0.6) is 0 Å². The van der Waals surface area contributed by atoms with Crippen LogP contribution >= 0.6 is 11.3 Å². The monoisotopic (exact) mass is 240 g/mol. The molecule has 1 rings (SSSR count). The predicted molar refractivity (Wildman–Crippen MR) is 73.7 cm³/mol. The number of rotatable bonds is 7. The highest BCUT2D eigenvalue weighted by Gasteiger charge is 2.05. The van der Waals surface area contributed by atoms with Gasteiger partial charge in [0.2, 0.25) is 0 Å². The average molecular weight is 240 g/mol. The summed E-state index contributed by atoms with van der Waals surface area (Å²) < 4.78 is 0. The lowest BCUT2D eigenvalue weighted by Crippen LogP contribution is -2.25. The molecule has 0 aromatic carbocycles. The molecule has 1 unspecified atom stereocenters. The standard InChI is InChI=1S/C13H24N2S/c1-10(2)5-4-6-11(3)15-9-13-12(14)7-8-16-13/h7-8,10-11,15H,4-6,9,14H2,1-3H3. The zero-order chi connectivity index (χ0) is 12.0. The summed E-state index contributed by atoms with van der Waals surface area (Å²) in [4.78, 5) is 1.26. The van der Waals surface area contributed by atoms with Crippen LogP contribution in [-0.4, -0.2) is 6.04 Å². The van der Waals surface area contributed by atoms with E-state index >= 15 is 0 Å². The Morgan fingerprint density at radius 3 is 2.62 bits per heavy atom. The zero-order valence-corrected chi connectivity index (χ0v) is 11.4. The second-order valence-corrected chi connectivity index (χ2v) is 5.91. The van der Waals surface area contributed by atoms with Gasteiger partial charge in [-0.3, -0.25) is 0 Å². The van der Waals surface area contributed by atoms with Gasteiger partial charge in [0, 0.05) is 23.2 Å². The van der Waals surface area contributed by atoms with Crippen molar-refractivity contribution >= 4 is 17.0 Å². The molecule has 0 bridgehead atoms. The highest BCUT2D eigenvalue weighted by molar-refractivity contribution is 7.10. The Kier molecular flexibility index (Phi) is 5.85. The largest absolute Gasteiger partial charge is 0.398 e. The van der Waals surface area contributed by atoms with Crippen LogP contribution in [0.1, 0.15) is 44.9 Å². The Balaban J connectivity index is 2.15. The maximum atomic E-state index is 5.84. The van der Waals surface area contributed by atoms with Gasteiger partial charge >= 0.3 is 0 Å². The summed E-state index contributed by atoms with van der Waals surface area (Å²) in [6.07, 6.45) is 3.89. The Hall–Kier alpha value is -0.540. The summed E-state index contributed by atoms with van der Waals surface area (Å²) in [5, 5.41) is 5.58. The third-order valence-electron chi connectivity index (χ3n) is 2.81. The fraction of sp³-hybridized carbons (Fsp3) is 0.692. The van der Waals surface area contributed by atoms with Crippen LogP contribution in [0.3, 0.4) is 0 Å². The lowest BCUT2D eigenvalue weighted by atomic mass is 10.0. The van der Waals surface area contributed by atoms with E-state index in [-0.39, 0.29) is 0 Å². The van der Waals surface area contributed by atoms with Crippen LogP contribution in [0.25, 0.3) is 0 Å². The quantitative estimate of drug-likeness (QED) is 0.763. The summed E-state index contributed by atoms with van der Waals surface area (Å²) >= 11 is 1.73. The van der Waals surface area contributed by atoms with Crippen molar-refractivity contribution in [1.82, 2.24) is 5.32 Å². The van der Waals surface area contributed by atoms with Gasteiger partial charge in [-0.25, -0.2) is 0 Å². The van der Waals surface area contributed by atoms with E-state index in [2.05, 4.69) is 31.5 Å². The van der Waals surface area contributed by atoms with E-state index in [1.54, 1.807) is 11.3 Å². The summed E-state index contributed by atoms with van der Waals surface area (Å²) in [5.74, 6) is 0.820. The molecule has 0 radical (unpaired) electrons. The van der Waals surface area contributed by atoms with Gasteiger partial charge in [-0.15, -0.1) is 11.3 Å². The van der Waals surface area contributed by atoms with Crippen molar-refractivity contribution in [3.8, 4) is 0 Å². The van der Waals surface area contributed by atoms with Crippen LogP contribution in [0.4, 0.5) is 5.69 Å². The molecule has 0 spiro atoms. The van der Waals surface area contributed by atoms with E-state index in [4.69, 9.17) is 5.73 Å². The van der Waals surface area contributed by atoms with Gasteiger partial charge < -0.3 is 11.1 Å². The first-order valence-electron chi connectivity index (χ1n) is 6.14. The van der Waals surface area contributed by atoms with E-state index in [9.17, 15) is 0 Å². The molecule has 0 aliphatic rings. The fourth-order valence-corrected chi connectivity index (χ4v) is 2.45. The van der Waals surface area contributed by atoms with Crippen LogP contribution in [0.2, 0.25) is 0 Å². The van der Waals surface area contributed by atoms with Gasteiger partial charge in [-0.2, -0.15) is 0 Å². The molecule has 16 heavy (non-hydrogen) atoms. The minimum absolute atomic E-state index is 0.584.